The first kappa shape index (κ1) is 22.4. The maximum Gasteiger partial charge on any atom is 0.272 e. The van der Waals surface area contributed by atoms with Crippen molar-refractivity contribution in [3.63, 3.8) is 0 Å². The molecule has 182 valence electrons. The lowest BCUT2D eigenvalue weighted by molar-refractivity contribution is 0.126. The Morgan fingerprint density at radius 1 is 1.23 bits per heavy atom. The van der Waals surface area contributed by atoms with Crippen LogP contribution in [-0.4, -0.2) is 43.9 Å². The zero-order chi connectivity index (χ0) is 24.3. The van der Waals surface area contributed by atoms with E-state index < -0.39 is 10.0 Å². The molecule has 1 aliphatic carbocycles. The van der Waals surface area contributed by atoms with E-state index in [1.54, 1.807) is 36.2 Å². The number of pyridine rings is 1. The predicted octanol–water partition coefficient (Wildman–Crippen LogP) is 4.60. The third-order valence-electron chi connectivity index (χ3n) is 6.12. The molecule has 0 radical (unpaired) electrons. The summed E-state index contributed by atoms with van der Waals surface area (Å²) in [5.74, 6) is 0.916. The Labute approximate surface area is 209 Å². The van der Waals surface area contributed by atoms with Crippen LogP contribution in [0.15, 0.2) is 42.4 Å². The van der Waals surface area contributed by atoms with Crippen molar-refractivity contribution in [2.45, 2.75) is 45.9 Å². The van der Waals surface area contributed by atoms with Gasteiger partial charge in [-0.25, -0.2) is 18.4 Å². The average Bonchev–Trinajstić information content (AvgIpc) is 3.52. The standard InChI is InChI=1S/C22H20N4O6S3/c1-10-8-14(29-2)19(21(24-10)30-3)35(27,28)26-20-17-13(32-25-20)9-15(34-22-23-6-7-33-22)16-11-4-5-12(11)31-18(16)17/h6-9,11-12H,4-5H2,1-3H3,(H,25,26). The Morgan fingerprint density at radius 2 is 2.09 bits per heavy atom. The molecule has 2 atom stereocenters. The highest BCUT2D eigenvalue weighted by Crippen LogP contribution is 2.57. The van der Waals surface area contributed by atoms with Crippen LogP contribution >= 0.6 is 23.1 Å². The largest absolute Gasteiger partial charge is 0.495 e. The molecule has 0 saturated heterocycles. The summed E-state index contributed by atoms with van der Waals surface area (Å²) in [7, 11) is -1.47. The van der Waals surface area contributed by atoms with E-state index in [0.717, 1.165) is 27.6 Å². The molecule has 0 amide bonds. The van der Waals surface area contributed by atoms with Crippen LogP contribution in [0.3, 0.4) is 0 Å². The van der Waals surface area contributed by atoms with E-state index in [0.29, 0.717) is 22.4 Å². The quantitative estimate of drug-likeness (QED) is 0.361. The molecule has 13 heteroatoms. The number of methoxy groups -OCH3 is 2. The molecule has 35 heavy (non-hydrogen) atoms. The summed E-state index contributed by atoms with van der Waals surface area (Å²) in [6.07, 6.45) is 3.77. The molecule has 6 rings (SSSR count). The molecular formula is C22H20N4O6S3. The minimum absolute atomic E-state index is 0.0352. The van der Waals surface area contributed by atoms with E-state index in [-0.39, 0.29) is 34.4 Å². The second kappa shape index (κ2) is 8.28. The number of ether oxygens (including phenoxy) is 3. The normalized spacial score (nSPS) is 18.5. The molecule has 4 heterocycles. The highest BCUT2D eigenvalue weighted by atomic mass is 32.2. The van der Waals surface area contributed by atoms with Gasteiger partial charge in [-0.1, -0.05) is 16.9 Å². The zero-order valence-electron chi connectivity index (χ0n) is 18.9. The number of hydrogen-bond donors (Lipinski definition) is 1. The second-order valence-electron chi connectivity index (χ2n) is 8.17. The number of aryl methyl sites for hydroxylation is 1. The first-order chi connectivity index (χ1) is 16.9. The van der Waals surface area contributed by atoms with Crippen molar-refractivity contribution in [2.75, 3.05) is 18.9 Å². The van der Waals surface area contributed by atoms with Gasteiger partial charge in [-0.2, -0.15) is 0 Å². The monoisotopic (exact) mass is 532 g/mol. The highest BCUT2D eigenvalue weighted by molar-refractivity contribution is 8.01. The number of fused-ring (bicyclic) bond motifs is 5. The number of sulfonamides is 1. The van der Waals surface area contributed by atoms with Gasteiger partial charge in [0.15, 0.2) is 20.6 Å². The van der Waals surface area contributed by atoms with Crippen LogP contribution in [0.25, 0.3) is 11.0 Å². The van der Waals surface area contributed by atoms with Gasteiger partial charge in [-0.3, -0.25) is 4.72 Å². The number of nitrogens with zero attached hydrogens (tertiary/aromatic N) is 3. The second-order valence-corrected chi connectivity index (χ2v) is 12.0. The van der Waals surface area contributed by atoms with Crippen molar-refractivity contribution in [3.8, 4) is 17.4 Å². The molecular weight excluding hydrogens is 512 g/mol. The van der Waals surface area contributed by atoms with Crippen LogP contribution in [0.4, 0.5) is 5.82 Å². The average molecular weight is 533 g/mol. The van der Waals surface area contributed by atoms with E-state index in [2.05, 4.69) is 19.8 Å². The third-order valence-corrected chi connectivity index (χ3v) is 9.44. The lowest BCUT2D eigenvalue weighted by atomic mass is 9.78. The van der Waals surface area contributed by atoms with Crippen molar-refractivity contribution < 1.29 is 27.2 Å². The summed E-state index contributed by atoms with van der Waals surface area (Å²) in [5, 5.41) is 6.46. The van der Waals surface area contributed by atoms with Gasteiger partial charge in [0.1, 0.15) is 23.0 Å². The van der Waals surface area contributed by atoms with Crippen LogP contribution in [0.2, 0.25) is 0 Å². The fourth-order valence-corrected chi connectivity index (χ4v) is 7.53. The molecule has 1 aliphatic heterocycles. The first-order valence-corrected chi connectivity index (χ1v) is 13.9. The van der Waals surface area contributed by atoms with Gasteiger partial charge in [0.05, 0.1) is 14.2 Å². The molecule has 1 N–H and O–H groups in total. The van der Waals surface area contributed by atoms with Crippen molar-refractivity contribution in [1.29, 1.82) is 0 Å². The Hall–Kier alpha value is -3.03. The van der Waals surface area contributed by atoms with Gasteiger partial charge in [0, 0.05) is 39.7 Å². The van der Waals surface area contributed by atoms with E-state index in [1.807, 2.05) is 11.4 Å². The topological polar surface area (TPSA) is 126 Å². The van der Waals surface area contributed by atoms with Crippen molar-refractivity contribution in [3.05, 3.63) is 35.0 Å². The Balaban J connectivity index is 1.47. The highest BCUT2D eigenvalue weighted by Gasteiger charge is 2.45. The fraction of sp³-hybridized carbons (Fsp3) is 0.318. The number of hydrogen-bond acceptors (Lipinski definition) is 11. The predicted molar refractivity (Wildman–Crippen MR) is 130 cm³/mol. The zero-order valence-corrected chi connectivity index (χ0v) is 21.3. The van der Waals surface area contributed by atoms with Crippen LogP contribution in [0.1, 0.15) is 30.0 Å². The van der Waals surface area contributed by atoms with E-state index in [4.69, 9.17) is 18.7 Å². The van der Waals surface area contributed by atoms with Gasteiger partial charge >= 0.3 is 0 Å². The first-order valence-electron chi connectivity index (χ1n) is 10.7. The summed E-state index contributed by atoms with van der Waals surface area (Å²) in [5.41, 5.74) is 2.02. The van der Waals surface area contributed by atoms with Gasteiger partial charge in [0.25, 0.3) is 10.0 Å². The Kier molecular flexibility index (Phi) is 5.31. The summed E-state index contributed by atoms with van der Waals surface area (Å²) >= 11 is 3.09. The molecule has 4 aromatic rings. The molecule has 1 saturated carbocycles. The number of nitrogens with one attached hydrogen (secondary N) is 1. The maximum absolute atomic E-state index is 13.5. The summed E-state index contributed by atoms with van der Waals surface area (Å²) < 4.78 is 52.8. The molecule has 0 bridgehead atoms. The summed E-state index contributed by atoms with van der Waals surface area (Å²) in [6, 6.07) is 3.41. The van der Waals surface area contributed by atoms with Crippen LogP contribution < -0.4 is 18.9 Å². The minimum atomic E-state index is -4.21. The minimum Gasteiger partial charge on any atom is -0.495 e. The number of aromatic nitrogens is 3. The fourth-order valence-electron chi connectivity index (χ4n) is 4.46. The molecule has 10 nitrogen and oxygen atoms in total. The van der Waals surface area contributed by atoms with Gasteiger partial charge < -0.3 is 18.7 Å². The van der Waals surface area contributed by atoms with E-state index >= 15 is 0 Å². The third kappa shape index (κ3) is 3.60. The lowest BCUT2D eigenvalue weighted by Crippen LogP contribution is -2.28. The summed E-state index contributed by atoms with van der Waals surface area (Å²) in [6.45, 7) is 1.72. The maximum atomic E-state index is 13.5. The number of rotatable bonds is 7. The van der Waals surface area contributed by atoms with E-state index in [9.17, 15) is 8.42 Å². The van der Waals surface area contributed by atoms with Crippen molar-refractivity contribution >= 4 is 49.9 Å². The van der Waals surface area contributed by atoms with Crippen LogP contribution in [0, 0.1) is 6.92 Å². The molecule has 1 aromatic carbocycles. The Morgan fingerprint density at radius 3 is 2.77 bits per heavy atom. The van der Waals surface area contributed by atoms with Gasteiger partial charge in [-0.15, -0.1) is 11.3 Å². The smallest absolute Gasteiger partial charge is 0.272 e. The lowest BCUT2D eigenvalue weighted by Gasteiger charge is -2.28. The van der Waals surface area contributed by atoms with Crippen LogP contribution in [0.5, 0.6) is 17.4 Å². The molecule has 2 aliphatic rings. The number of anilines is 1. The van der Waals surface area contributed by atoms with Gasteiger partial charge in [-0.05, 0) is 25.8 Å². The number of benzene rings is 1. The summed E-state index contributed by atoms with van der Waals surface area (Å²) in [4.78, 5) is 9.33. The Bertz CT molecular complexity index is 1530. The van der Waals surface area contributed by atoms with Crippen molar-refractivity contribution in [1.82, 2.24) is 15.1 Å². The molecule has 3 aromatic heterocycles. The molecule has 1 fully saturated rings. The molecule has 0 spiro atoms. The van der Waals surface area contributed by atoms with E-state index in [1.165, 1.54) is 20.3 Å². The number of thiazole rings is 1. The van der Waals surface area contributed by atoms with Crippen LogP contribution in [-0.2, 0) is 10.0 Å². The van der Waals surface area contributed by atoms with Gasteiger partial charge in [0.2, 0.25) is 5.88 Å². The molecule has 2 unspecified atom stereocenters. The SMILES string of the molecule is COc1cc(C)nc(OC)c1S(=O)(=O)Nc1noc2cc(Sc3nccs3)c3c(c12)OC1CCC31. The van der Waals surface area contributed by atoms with Crippen molar-refractivity contribution in [2.24, 2.45) is 0 Å².